The molecule has 0 saturated carbocycles. The van der Waals surface area contributed by atoms with Crippen molar-refractivity contribution < 1.29 is 9.47 Å². The topological polar surface area (TPSA) is 21.7 Å². The molecule has 0 bridgehead atoms. The molecule has 222 valence electrons. The standard InChI is InChI=1S/C42H28BNO2S/c1-3-15-30(16-4-1)47(31-17-5-2-6-18-31)40-25-13-9-21-34(40)44(35-22-10-14-26-41(35)47)29-27-38-42-39(28-29)46-37-24-12-8-20-33(37)43(42)32-19-7-11-23-36(32)45-38/h1-28H. The molecule has 10 rings (SSSR count). The van der Waals surface area contributed by atoms with E-state index in [4.69, 9.17) is 9.47 Å². The Kier molecular flexibility index (Phi) is 5.75. The summed E-state index contributed by atoms with van der Waals surface area (Å²) in [7, 11) is -1.83. The molecule has 0 spiro atoms. The van der Waals surface area contributed by atoms with Crippen LogP contribution < -0.4 is 30.8 Å². The van der Waals surface area contributed by atoms with Crippen molar-refractivity contribution in [2.45, 2.75) is 19.6 Å². The third kappa shape index (κ3) is 3.72. The molecule has 7 aromatic rings. The maximum Gasteiger partial charge on any atom is 0.260 e. The van der Waals surface area contributed by atoms with Gasteiger partial charge in [-0.25, -0.2) is 0 Å². The number of hydrogen-bond donors (Lipinski definition) is 0. The SMILES string of the molecule is c1ccc(S2(c3ccccc3)c3ccccc3N(c3cc4c5c(c3)Oc3ccccc3B5c3ccccc3O4)c3ccccc32)cc1. The van der Waals surface area contributed by atoms with E-state index in [2.05, 4.69) is 163 Å². The van der Waals surface area contributed by atoms with Gasteiger partial charge in [-0.15, -0.1) is 10.0 Å². The van der Waals surface area contributed by atoms with Gasteiger partial charge in [-0.05, 0) is 71.6 Å². The van der Waals surface area contributed by atoms with Gasteiger partial charge in [0.25, 0.3) is 6.71 Å². The van der Waals surface area contributed by atoms with E-state index in [1.54, 1.807) is 0 Å². The van der Waals surface area contributed by atoms with Crippen LogP contribution in [0.25, 0.3) is 0 Å². The number of rotatable bonds is 3. The minimum Gasteiger partial charge on any atom is -0.458 e. The van der Waals surface area contributed by atoms with Crippen molar-refractivity contribution in [3.05, 3.63) is 170 Å². The van der Waals surface area contributed by atoms with Crippen molar-refractivity contribution in [3.63, 3.8) is 0 Å². The molecular weight excluding hydrogens is 593 g/mol. The highest BCUT2D eigenvalue weighted by Gasteiger charge is 2.44. The fourth-order valence-corrected chi connectivity index (χ4v) is 11.9. The molecule has 0 fully saturated rings. The van der Waals surface area contributed by atoms with Gasteiger partial charge in [-0.3, -0.25) is 0 Å². The molecule has 0 atom stereocenters. The minimum absolute atomic E-state index is 0.0399. The Morgan fingerprint density at radius 3 is 1.36 bits per heavy atom. The molecular formula is C42H28BNO2S. The van der Waals surface area contributed by atoms with Crippen LogP contribution in [0.15, 0.2) is 189 Å². The first-order chi connectivity index (χ1) is 23.3. The van der Waals surface area contributed by atoms with Crippen molar-refractivity contribution in [3.8, 4) is 23.0 Å². The highest BCUT2D eigenvalue weighted by Crippen LogP contribution is 2.79. The second-order valence-electron chi connectivity index (χ2n) is 12.1. The molecule has 3 aliphatic rings. The Morgan fingerprint density at radius 1 is 0.426 bits per heavy atom. The van der Waals surface area contributed by atoms with Crippen LogP contribution in [0.5, 0.6) is 23.0 Å². The number of anilines is 3. The summed E-state index contributed by atoms with van der Waals surface area (Å²) < 4.78 is 13.4. The summed E-state index contributed by atoms with van der Waals surface area (Å²) in [5, 5.41) is 0. The van der Waals surface area contributed by atoms with E-state index < -0.39 is 10.0 Å². The molecule has 47 heavy (non-hydrogen) atoms. The first-order valence-electron chi connectivity index (χ1n) is 16.0. The quantitative estimate of drug-likeness (QED) is 0.184. The molecule has 5 heteroatoms. The van der Waals surface area contributed by atoms with Crippen LogP contribution in [-0.4, -0.2) is 6.71 Å². The van der Waals surface area contributed by atoms with E-state index in [9.17, 15) is 0 Å². The zero-order chi connectivity index (χ0) is 31.0. The monoisotopic (exact) mass is 621 g/mol. The molecule has 0 N–H and O–H groups in total. The summed E-state index contributed by atoms with van der Waals surface area (Å²) in [5.74, 6) is 3.45. The predicted molar refractivity (Wildman–Crippen MR) is 192 cm³/mol. The van der Waals surface area contributed by atoms with Gasteiger partial charge in [-0.2, -0.15) is 0 Å². The maximum atomic E-state index is 6.72. The van der Waals surface area contributed by atoms with E-state index in [-0.39, 0.29) is 6.71 Å². The number of ether oxygens (including phenoxy) is 2. The molecule has 0 aromatic heterocycles. The Morgan fingerprint density at radius 2 is 0.851 bits per heavy atom. The first-order valence-corrected chi connectivity index (χ1v) is 17.6. The van der Waals surface area contributed by atoms with Crippen LogP contribution >= 0.6 is 10.0 Å². The van der Waals surface area contributed by atoms with Gasteiger partial charge >= 0.3 is 0 Å². The molecule has 3 heterocycles. The largest absolute Gasteiger partial charge is 0.458 e. The van der Waals surface area contributed by atoms with E-state index in [1.165, 1.54) is 19.6 Å². The third-order valence-electron chi connectivity index (χ3n) is 9.60. The average Bonchev–Trinajstić information content (AvgIpc) is 3.14. The van der Waals surface area contributed by atoms with Crippen LogP contribution in [0.3, 0.4) is 0 Å². The van der Waals surface area contributed by atoms with Gasteiger partial charge < -0.3 is 14.4 Å². The molecule has 0 aliphatic carbocycles. The lowest BCUT2D eigenvalue weighted by molar-refractivity contribution is 0.465. The van der Waals surface area contributed by atoms with Crippen LogP contribution in [0, 0.1) is 0 Å². The fraction of sp³-hybridized carbons (Fsp3) is 0. The summed E-state index contributed by atoms with van der Waals surface area (Å²) in [4.78, 5) is 7.64. The van der Waals surface area contributed by atoms with Crippen LogP contribution in [0.1, 0.15) is 0 Å². The highest BCUT2D eigenvalue weighted by atomic mass is 32.3. The second kappa shape index (κ2) is 10.2. The van der Waals surface area contributed by atoms with Crippen LogP contribution in [-0.2, 0) is 0 Å². The lowest BCUT2D eigenvalue weighted by atomic mass is 9.35. The molecule has 3 aliphatic heterocycles. The van der Waals surface area contributed by atoms with Gasteiger partial charge in [0.2, 0.25) is 0 Å². The van der Waals surface area contributed by atoms with E-state index >= 15 is 0 Å². The number of benzene rings is 7. The zero-order valence-corrected chi connectivity index (χ0v) is 26.2. The van der Waals surface area contributed by atoms with Crippen LogP contribution in [0.4, 0.5) is 17.1 Å². The van der Waals surface area contributed by atoms with E-state index in [0.29, 0.717) is 0 Å². The smallest absolute Gasteiger partial charge is 0.260 e. The number of fused-ring (bicyclic) bond motifs is 6. The summed E-state index contributed by atoms with van der Waals surface area (Å²) in [5.41, 5.74) is 6.73. The Labute approximate surface area is 276 Å². The van der Waals surface area contributed by atoms with Gasteiger partial charge in [-0.1, -0.05) is 97.1 Å². The maximum absolute atomic E-state index is 6.72. The van der Waals surface area contributed by atoms with Crippen molar-refractivity contribution in [2.75, 3.05) is 4.90 Å². The van der Waals surface area contributed by atoms with Gasteiger partial charge in [0.1, 0.15) is 23.0 Å². The Hall–Kier alpha value is -5.65. The van der Waals surface area contributed by atoms with E-state index in [0.717, 1.165) is 56.4 Å². The Balaban J connectivity index is 1.25. The number of hydrogen-bond acceptors (Lipinski definition) is 3. The van der Waals surface area contributed by atoms with Crippen molar-refractivity contribution >= 4 is 50.2 Å². The van der Waals surface area contributed by atoms with E-state index in [1.807, 2.05) is 12.1 Å². The lowest BCUT2D eigenvalue weighted by Gasteiger charge is -2.50. The molecule has 7 aromatic carbocycles. The summed E-state index contributed by atoms with van der Waals surface area (Å²) in [6, 6.07) is 61.1. The van der Waals surface area contributed by atoms with Crippen molar-refractivity contribution in [1.82, 2.24) is 0 Å². The number of para-hydroxylation sites is 4. The molecule has 0 unspecified atom stereocenters. The lowest BCUT2D eigenvalue weighted by Crippen LogP contribution is -2.57. The molecule has 0 saturated heterocycles. The first kappa shape index (κ1) is 26.6. The normalized spacial score (nSPS) is 15.1. The Bertz CT molecular complexity index is 2180. The predicted octanol–water partition coefficient (Wildman–Crippen LogP) is 9.54. The third-order valence-corrected chi connectivity index (χ3v) is 13.6. The molecule has 3 nitrogen and oxygen atoms in total. The van der Waals surface area contributed by atoms with Crippen LogP contribution in [0.2, 0.25) is 0 Å². The van der Waals surface area contributed by atoms with Gasteiger partial charge in [0.15, 0.2) is 0 Å². The van der Waals surface area contributed by atoms with Crippen molar-refractivity contribution in [2.24, 2.45) is 0 Å². The minimum atomic E-state index is -1.83. The second-order valence-corrected chi connectivity index (χ2v) is 15.1. The summed E-state index contributed by atoms with van der Waals surface area (Å²) in [6.45, 7) is 0.0399. The van der Waals surface area contributed by atoms with Crippen molar-refractivity contribution in [1.29, 1.82) is 0 Å². The summed E-state index contributed by atoms with van der Waals surface area (Å²) >= 11 is 0. The number of nitrogens with zero attached hydrogens (tertiary/aromatic N) is 1. The average molecular weight is 622 g/mol. The van der Waals surface area contributed by atoms with Gasteiger partial charge in [0, 0.05) is 37.2 Å². The fourth-order valence-electron chi connectivity index (χ4n) is 7.73. The molecule has 0 radical (unpaired) electrons. The van der Waals surface area contributed by atoms with Gasteiger partial charge in [0.05, 0.1) is 17.1 Å². The highest BCUT2D eigenvalue weighted by molar-refractivity contribution is 8.34. The summed E-state index contributed by atoms with van der Waals surface area (Å²) in [6.07, 6.45) is 0. The molecule has 0 amide bonds. The zero-order valence-electron chi connectivity index (χ0n) is 25.4.